The highest BCUT2D eigenvalue weighted by Crippen LogP contribution is 2.21. The summed E-state index contributed by atoms with van der Waals surface area (Å²) >= 11 is 4.33. The Morgan fingerprint density at radius 3 is 2.76 bits per heavy atom. The van der Waals surface area contributed by atoms with Crippen LogP contribution in [0.4, 0.5) is 0 Å². The summed E-state index contributed by atoms with van der Waals surface area (Å²) in [6.45, 7) is 1.03. The van der Waals surface area contributed by atoms with E-state index >= 15 is 0 Å². The first kappa shape index (κ1) is 16.7. The van der Waals surface area contributed by atoms with Gasteiger partial charge in [0.2, 0.25) is 0 Å². The minimum atomic E-state index is 0. The Morgan fingerprint density at radius 1 is 1.29 bits per heavy atom. The van der Waals surface area contributed by atoms with Gasteiger partial charge in [-0.05, 0) is 44.3 Å². The molecular formula is C17H33N3S. The predicted molar refractivity (Wildman–Crippen MR) is 97.4 cm³/mol. The average molecular weight is 312 g/mol. The zero-order valence-corrected chi connectivity index (χ0v) is 14.3. The van der Waals surface area contributed by atoms with E-state index in [0.29, 0.717) is 12.1 Å². The van der Waals surface area contributed by atoms with Crippen molar-refractivity contribution in [1.29, 1.82) is 0 Å². The number of hydrogen-bond acceptors (Lipinski definition) is 2. The van der Waals surface area contributed by atoms with Crippen LogP contribution in [0.15, 0.2) is 17.1 Å². The molecule has 0 heterocycles. The van der Waals surface area contributed by atoms with Gasteiger partial charge in [0, 0.05) is 21.1 Å². The second-order valence-corrected chi connectivity index (χ2v) is 6.82. The van der Waals surface area contributed by atoms with Crippen molar-refractivity contribution in [3.8, 4) is 0 Å². The van der Waals surface area contributed by atoms with Gasteiger partial charge in [-0.1, -0.05) is 31.4 Å². The van der Waals surface area contributed by atoms with E-state index in [1.54, 1.807) is 0 Å². The molecule has 1 atom stereocenters. The molecule has 3 nitrogen and oxygen atoms in total. The van der Waals surface area contributed by atoms with Crippen LogP contribution < -0.4 is 5.32 Å². The van der Waals surface area contributed by atoms with Crippen LogP contribution in [0.25, 0.3) is 0 Å². The molecular weight excluding hydrogens is 278 g/mol. The van der Waals surface area contributed by atoms with E-state index in [1.807, 2.05) is 0 Å². The summed E-state index contributed by atoms with van der Waals surface area (Å²) in [6, 6.07) is 1.08. The minimum absolute atomic E-state index is 0. The third-order valence-electron chi connectivity index (χ3n) is 4.50. The molecule has 0 spiro atoms. The molecule has 0 aromatic heterocycles. The van der Waals surface area contributed by atoms with E-state index in [4.69, 9.17) is 4.99 Å². The summed E-state index contributed by atoms with van der Waals surface area (Å²) in [5, 5.41) is 3.71. The van der Waals surface area contributed by atoms with E-state index in [1.165, 1.54) is 44.9 Å². The van der Waals surface area contributed by atoms with Crippen molar-refractivity contribution in [1.82, 2.24) is 10.2 Å². The summed E-state index contributed by atoms with van der Waals surface area (Å²) in [6.07, 6.45) is 15.8. The van der Waals surface area contributed by atoms with Crippen LogP contribution in [0.5, 0.6) is 0 Å². The van der Waals surface area contributed by atoms with Crippen molar-refractivity contribution in [2.24, 2.45) is 4.99 Å². The van der Waals surface area contributed by atoms with E-state index in [0.717, 1.165) is 31.1 Å². The molecule has 2 rings (SSSR count). The van der Waals surface area contributed by atoms with Crippen molar-refractivity contribution in [3.05, 3.63) is 12.2 Å². The fourth-order valence-electron chi connectivity index (χ4n) is 3.15. The number of hydrogen-bond donors (Lipinski definition) is 2. The molecule has 21 heavy (non-hydrogen) atoms. The van der Waals surface area contributed by atoms with Gasteiger partial charge in [0.05, 0.1) is 6.04 Å². The lowest BCUT2D eigenvalue weighted by Gasteiger charge is -2.29. The molecule has 0 bridgehead atoms. The maximum absolute atomic E-state index is 5.06. The highest BCUT2D eigenvalue weighted by Gasteiger charge is 2.18. The van der Waals surface area contributed by atoms with Gasteiger partial charge < -0.3 is 10.2 Å². The molecule has 1 saturated carbocycles. The van der Waals surface area contributed by atoms with Crippen LogP contribution >= 0.6 is 12.6 Å². The van der Waals surface area contributed by atoms with Crippen molar-refractivity contribution in [3.63, 3.8) is 0 Å². The van der Waals surface area contributed by atoms with Crippen molar-refractivity contribution >= 4 is 18.6 Å². The third-order valence-corrected chi connectivity index (χ3v) is 4.81. The number of aliphatic imine (C=N–C) groups is 1. The zero-order valence-electron chi connectivity index (χ0n) is 13.4. The number of rotatable bonds is 5. The summed E-state index contributed by atoms with van der Waals surface area (Å²) in [7, 11) is 2.16. The molecule has 4 heteroatoms. The third kappa shape index (κ3) is 5.93. The Balaban J connectivity index is 0.00000242. The van der Waals surface area contributed by atoms with Gasteiger partial charge in [0.15, 0.2) is 5.96 Å². The van der Waals surface area contributed by atoms with Gasteiger partial charge in [-0.15, -0.1) is 0 Å². The van der Waals surface area contributed by atoms with Crippen LogP contribution in [0.2, 0.25) is 0 Å². The molecule has 1 fully saturated rings. The zero-order chi connectivity index (χ0) is 14.9. The fraction of sp³-hybridized carbons (Fsp3) is 0.824. The van der Waals surface area contributed by atoms with E-state index in [-0.39, 0.29) is 1.43 Å². The van der Waals surface area contributed by atoms with E-state index in [2.05, 4.69) is 42.0 Å². The molecule has 0 aromatic rings. The SMILES string of the molecule is CN(CCCS)C(=NC1CCCCC1)NC1CC=CCC1.[HH]. The lowest BCUT2D eigenvalue weighted by Crippen LogP contribution is -2.45. The molecule has 0 saturated heterocycles. The highest BCUT2D eigenvalue weighted by molar-refractivity contribution is 7.80. The highest BCUT2D eigenvalue weighted by atomic mass is 32.1. The molecule has 0 amide bonds. The van der Waals surface area contributed by atoms with Gasteiger partial charge in [0.1, 0.15) is 0 Å². The van der Waals surface area contributed by atoms with Gasteiger partial charge in [-0.2, -0.15) is 12.6 Å². The topological polar surface area (TPSA) is 27.6 Å². The first-order valence-electron chi connectivity index (χ1n) is 8.61. The molecule has 0 aromatic carbocycles. The largest absolute Gasteiger partial charge is 0.353 e. The van der Waals surface area contributed by atoms with Crippen molar-refractivity contribution in [2.45, 2.75) is 69.9 Å². The number of guanidine groups is 1. The smallest absolute Gasteiger partial charge is 0.194 e. The van der Waals surface area contributed by atoms with Gasteiger partial charge in [-0.25, -0.2) is 4.99 Å². The second-order valence-electron chi connectivity index (χ2n) is 6.37. The van der Waals surface area contributed by atoms with Crippen molar-refractivity contribution < 1.29 is 1.43 Å². The Hall–Kier alpha value is -0.640. The Bertz CT molecular complexity index is 354. The average Bonchev–Trinajstić information content (AvgIpc) is 2.54. The minimum Gasteiger partial charge on any atom is -0.353 e. The van der Waals surface area contributed by atoms with Crippen molar-refractivity contribution in [2.75, 3.05) is 19.3 Å². The van der Waals surface area contributed by atoms with Crippen LogP contribution in [0.1, 0.15) is 59.2 Å². The maximum atomic E-state index is 5.06. The number of thiol groups is 1. The molecule has 1 unspecified atom stereocenters. The number of allylic oxidation sites excluding steroid dienone is 1. The summed E-state index contributed by atoms with van der Waals surface area (Å²) < 4.78 is 0. The number of nitrogens with zero attached hydrogens (tertiary/aromatic N) is 2. The van der Waals surface area contributed by atoms with Crippen LogP contribution in [-0.2, 0) is 0 Å². The molecule has 2 aliphatic rings. The quantitative estimate of drug-likeness (QED) is 0.349. The Morgan fingerprint density at radius 2 is 2.10 bits per heavy atom. The van der Waals surface area contributed by atoms with Crippen LogP contribution in [-0.4, -0.2) is 42.3 Å². The summed E-state index contributed by atoms with van der Waals surface area (Å²) in [4.78, 5) is 7.36. The standard InChI is InChI=1S/C17H31N3S.H2/c1-20(13-8-14-21)17(18-15-9-4-2-5-10-15)19-16-11-6-3-7-12-16;/h2,4,15-16,21H,3,5-14H2,1H3,(H,18,19);1H. The fourth-order valence-corrected chi connectivity index (χ4v) is 3.29. The van der Waals surface area contributed by atoms with Gasteiger partial charge in [0.25, 0.3) is 0 Å². The predicted octanol–water partition coefficient (Wildman–Crippen LogP) is 3.87. The summed E-state index contributed by atoms with van der Waals surface area (Å²) in [5.41, 5.74) is 0. The Labute approximate surface area is 137 Å². The van der Waals surface area contributed by atoms with E-state index < -0.39 is 0 Å². The van der Waals surface area contributed by atoms with Gasteiger partial charge >= 0.3 is 0 Å². The number of nitrogens with one attached hydrogen (secondary N) is 1. The van der Waals surface area contributed by atoms with Crippen LogP contribution in [0.3, 0.4) is 0 Å². The normalized spacial score (nSPS) is 24.1. The van der Waals surface area contributed by atoms with Gasteiger partial charge in [-0.3, -0.25) is 0 Å². The first-order chi connectivity index (χ1) is 10.3. The molecule has 2 aliphatic carbocycles. The maximum Gasteiger partial charge on any atom is 0.194 e. The Kier molecular flexibility index (Phi) is 7.48. The molecule has 0 aliphatic heterocycles. The van der Waals surface area contributed by atoms with Crippen LogP contribution in [0, 0.1) is 0 Å². The molecule has 1 N–H and O–H groups in total. The molecule has 0 radical (unpaired) electrons. The monoisotopic (exact) mass is 311 g/mol. The lowest BCUT2D eigenvalue weighted by molar-refractivity contribution is 0.414. The van der Waals surface area contributed by atoms with E-state index in [9.17, 15) is 0 Å². The lowest BCUT2D eigenvalue weighted by atomic mass is 9.96. The second kappa shape index (κ2) is 9.39. The molecule has 122 valence electrons. The summed E-state index contributed by atoms with van der Waals surface area (Å²) in [5.74, 6) is 2.05. The first-order valence-corrected chi connectivity index (χ1v) is 9.24.